The summed E-state index contributed by atoms with van der Waals surface area (Å²) in [6.07, 6.45) is 1.91. The number of nitrogens with zero attached hydrogens (tertiary/aromatic N) is 3. The van der Waals surface area contributed by atoms with Gasteiger partial charge in [0.25, 0.3) is 0 Å². The van der Waals surface area contributed by atoms with Crippen LogP contribution >= 0.6 is 0 Å². The number of rotatable bonds is 3. The lowest BCUT2D eigenvalue weighted by Gasteiger charge is -2.32. The van der Waals surface area contributed by atoms with Gasteiger partial charge in [-0.2, -0.15) is 9.57 Å². The van der Waals surface area contributed by atoms with Crippen molar-refractivity contribution in [2.24, 2.45) is 5.92 Å². The molecule has 1 saturated heterocycles. The number of nitriles is 1. The third kappa shape index (κ3) is 3.30. The molecule has 2 aliphatic rings. The van der Waals surface area contributed by atoms with Crippen LogP contribution < -0.4 is 4.90 Å². The third-order valence-electron chi connectivity index (χ3n) is 5.58. The molecule has 0 radical (unpaired) electrons. The summed E-state index contributed by atoms with van der Waals surface area (Å²) in [7, 11) is -3.60. The molecule has 0 N–H and O–H groups in total. The van der Waals surface area contributed by atoms with Gasteiger partial charge in [-0.25, -0.2) is 8.42 Å². The highest BCUT2D eigenvalue weighted by atomic mass is 32.2. The predicted octanol–water partition coefficient (Wildman–Crippen LogP) is 2.55. The van der Waals surface area contributed by atoms with Gasteiger partial charge in [0.2, 0.25) is 15.9 Å². The summed E-state index contributed by atoms with van der Waals surface area (Å²) in [5.74, 6) is -0.0565. The highest BCUT2D eigenvalue weighted by Crippen LogP contribution is 2.32. The van der Waals surface area contributed by atoms with E-state index in [-0.39, 0.29) is 16.7 Å². The molecule has 1 amide bonds. The van der Waals surface area contributed by atoms with E-state index in [1.165, 1.54) is 34.1 Å². The fourth-order valence-corrected chi connectivity index (χ4v) is 5.45. The highest BCUT2D eigenvalue weighted by molar-refractivity contribution is 7.89. The van der Waals surface area contributed by atoms with E-state index in [4.69, 9.17) is 5.26 Å². The normalized spacial score (nSPS) is 17.9. The molecule has 1 fully saturated rings. The lowest BCUT2D eigenvalue weighted by Crippen LogP contribution is -2.44. The predicted molar refractivity (Wildman–Crippen MR) is 105 cm³/mol. The molecule has 2 aromatic rings. The van der Waals surface area contributed by atoms with E-state index in [0.717, 1.165) is 12.1 Å². The second-order valence-corrected chi connectivity index (χ2v) is 9.12. The Balaban J connectivity index is 1.43. The molecule has 0 aliphatic carbocycles. The molecule has 6 nitrogen and oxygen atoms in total. The summed E-state index contributed by atoms with van der Waals surface area (Å²) in [6.45, 7) is 1.35. The van der Waals surface area contributed by atoms with Crippen molar-refractivity contribution in [1.29, 1.82) is 5.26 Å². The van der Waals surface area contributed by atoms with Crippen LogP contribution in [0.2, 0.25) is 0 Å². The van der Waals surface area contributed by atoms with Gasteiger partial charge < -0.3 is 4.90 Å². The largest absolute Gasteiger partial charge is 0.312 e. The molecule has 0 spiro atoms. The van der Waals surface area contributed by atoms with Crippen molar-refractivity contribution in [3.8, 4) is 6.07 Å². The van der Waals surface area contributed by atoms with Gasteiger partial charge in [0.1, 0.15) is 0 Å². The number of fused-ring (bicyclic) bond motifs is 1. The Morgan fingerprint density at radius 3 is 2.36 bits per heavy atom. The molecule has 0 aromatic heterocycles. The number of hydrogen-bond donors (Lipinski definition) is 0. The van der Waals surface area contributed by atoms with Crippen LogP contribution in [0.15, 0.2) is 53.4 Å². The van der Waals surface area contributed by atoms with Crippen molar-refractivity contribution in [3.05, 3.63) is 59.7 Å². The first-order valence-corrected chi connectivity index (χ1v) is 10.8. The molecular weight excluding hydrogens is 374 g/mol. The van der Waals surface area contributed by atoms with Gasteiger partial charge in [-0.1, -0.05) is 18.2 Å². The maximum atomic E-state index is 13.0. The van der Waals surface area contributed by atoms with Gasteiger partial charge in [-0.15, -0.1) is 0 Å². The van der Waals surface area contributed by atoms with E-state index < -0.39 is 10.0 Å². The third-order valence-corrected chi connectivity index (χ3v) is 7.49. The zero-order valence-corrected chi connectivity index (χ0v) is 16.2. The van der Waals surface area contributed by atoms with E-state index in [1.807, 2.05) is 29.2 Å². The van der Waals surface area contributed by atoms with Gasteiger partial charge in [-0.3, -0.25) is 4.79 Å². The Kier molecular flexibility index (Phi) is 4.92. The number of amides is 1. The average Bonchev–Trinajstić information content (AvgIpc) is 3.17. The summed E-state index contributed by atoms with van der Waals surface area (Å²) in [4.78, 5) is 15.0. The monoisotopic (exact) mass is 395 g/mol. The lowest BCUT2D eigenvalue weighted by atomic mass is 9.96. The highest BCUT2D eigenvalue weighted by Gasteiger charge is 2.35. The molecule has 2 aromatic carbocycles. The minimum absolute atomic E-state index is 0.0976. The first kappa shape index (κ1) is 18.7. The van der Waals surface area contributed by atoms with Crippen LogP contribution in [0.3, 0.4) is 0 Å². The summed E-state index contributed by atoms with van der Waals surface area (Å²) in [5, 5.41) is 8.87. The van der Waals surface area contributed by atoms with Gasteiger partial charge >= 0.3 is 0 Å². The molecule has 2 heterocycles. The maximum absolute atomic E-state index is 13.0. The minimum atomic E-state index is -3.60. The van der Waals surface area contributed by atoms with Gasteiger partial charge in [0.05, 0.1) is 16.5 Å². The van der Waals surface area contributed by atoms with E-state index in [2.05, 4.69) is 6.07 Å². The first-order chi connectivity index (χ1) is 13.5. The Morgan fingerprint density at radius 1 is 1.00 bits per heavy atom. The van der Waals surface area contributed by atoms with E-state index in [1.54, 1.807) is 0 Å². The van der Waals surface area contributed by atoms with Crippen LogP contribution in [0.25, 0.3) is 0 Å². The van der Waals surface area contributed by atoms with Crippen LogP contribution in [0.4, 0.5) is 5.69 Å². The zero-order chi connectivity index (χ0) is 19.7. The number of hydrogen-bond acceptors (Lipinski definition) is 4. The lowest BCUT2D eigenvalue weighted by molar-refractivity contribution is -0.123. The molecular formula is C21H21N3O3S. The zero-order valence-electron chi connectivity index (χ0n) is 15.4. The summed E-state index contributed by atoms with van der Waals surface area (Å²) in [5.41, 5.74) is 2.60. The Bertz CT molecular complexity index is 1030. The first-order valence-electron chi connectivity index (χ1n) is 9.40. The van der Waals surface area contributed by atoms with Gasteiger partial charge in [0.15, 0.2) is 0 Å². The molecule has 0 unspecified atom stereocenters. The van der Waals surface area contributed by atoms with Crippen LogP contribution in [0, 0.1) is 17.2 Å². The fourth-order valence-electron chi connectivity index (χ4n) is 3.98. The number of piperidine rings is 1. The standard InChI is InChI=1S/C21H21N3O3S/c22-15-16-5-7-19(8-6-16)28(26,27)23-12-9-18(10-13-23)21(25)24-14-11-17-3-1-2-4-20(17)24/h1-8,18H,9-14H2. The number of carbonyl (C=O) groups excluding carboxylic acids is 1. The number of para-hydroxylation sites is 1. The second-order valence-electron chi connectivity index (χ2n) is 7.18. The Morgan fingerprint density at radius 2 is 1.68 bits per heavy atom. The number of carbonyl (C=O) groups is 1. The summed E-state index contributed by atoms with van der Waals surface area (Å²) >= 11 is 0. The molecule has 0 saturated carbocycles. The van der Waals surface area contributed by atoms with E-state index in [9.17, 15) is 13.2 Å². The second kappa shape index (κ2) is 7.38. The molecule has 0 atom stereocenters. The molecule has 144 valence electrons. The van der Waals surface area contributed by atoms with Crippen molar-refractivity contribution in [3.63, 3.8) is 0 Å². The Labute approximate surface area is 165 Å². The average molecular weight is 395 g/mol. The van der Waals surface area contributed by atoms with Gasteiger partial charge in [-0.05, 0) is 55.2 Å². The van der Waals surface area contributed by atoms with Crippen molar-refractivity contribution in [1.82, 2.24) is 4.31 Å². The number of sulfonamides is 1. The number of benzene rings is 2. The summed E-state index contributed by atoms with van der Waals surface area (Å²) < 4.78 is 27.1. The number of anilines is 1. The van der Waals surface area contributed by atoms with Crippen LogP contribution in [0.5, 0.6) is 0 Å². The summed E-state index contributed by atoms with van der Waals surface area (Å²) in [6, 6.07) is 15.9. The smallest absolute Gasteiger partial charge is 0.243 e. The van der Waals surface area contributed by atoms with Crippen molar-refractivity contribution in [2.45, 2.75) is 24.2 Å². The van der Waals surface area contributed by atoms with E-state index >= 15 is 0 Å². The molecule has 28 heavy (non-hydrogen) atoms. The van der Waals surface area contributed by atoms with Crippen molar-refractivity contribution >= 4 is 21.6 Å². The van der Waals surface area contributed by atoms with Crippen LogP contribution in [0.1, 0.15) is 24.0 Å². The quantitative estimate of drug-likeness (QED) is 0.800. The van der Waals surface area contributed by atoms with E-state index in [0.29, 0.717) is 38.0 Å². The van der Waals surface area contributed by atoms with Gasteiger partial charge in [0, 0.05) is 31.2 Å². The minimum Gasteiger partial charge on any atom is -0.312 e. The Hall–Kier alpha value is -2.69. The van der Waals surface area contributed by atoms with Crippen molar-refractivity contribution < 1.29 is 13.2 Å². The SMILES string of the molecule is N#Cc1ccc(S(=O)(=O)N2CCC(C(=O)N3CCc4ccccc43)CC2)cc1. The van der Waals surface area contributed by atoms with Crippen LogP contribution in [-0.2, 0) is 21.2 Å². The maximum Gasteiger partial charge on any atom is 0.243 e. The molecule has 2 aliphatic heterocycles. The molecule has 4 rings (SSSR count). The molecule has 7 heteroatoms. The molecule has 0 bridgehead atoms. The van der Waals surface area contributed by atoms with Crippen molar-refractivity contribution in [2.75, 3.05) is 24.5 Å². The van der Waals surface area contributed by atoms with Crippen LogP contribution in [-0.4, -0.2) is 38.3 Å². The fraction of sp³-hybridized carbons (Fsp3) is 0.333. The topological polar surface area (TPSA) is 81.5 Å².